The number of carbonyl (C=O) groups is 1. The van der Waals surface area contributed by atoms with Crippen LogP contribution in [-0.4, -0.2) is 28.0 Å². The molecule has 5 N–H and O–H groups in total. The molecule has 0 radical (unpaired) electrons. The second-order valence-corrected chi connectivity index (χ2v) is 3.80. The molecule has 1 aromatic rings. The van der Waals surface area contributed by atoms with Gasteiger partial charge in [0, 0.05) is 18.5 Å². The molecule has 0 aliphatic rings. The highest BCUT2D eigenvalue weighted by molar-refractivity contribution is 5.92. The summed E-state index contributed by atoms with van der Waals surface area (Å²) in [5.74, 6) is -0.353. The van der Waals surface area contributed by atoms with E-state index in [0.29, 0.717) is 6.42 Å². The van der Waals surface area contributed by atoms with E-state index in [-0.39, 0.29) is 29.6 Å². The maximum absolute atomic E-state index is 11.8. The van der Waals surface area contributed by atoms with Gasteiger partial charge < -0.3 is 21.2 Å². The van der Waals surface area contributed by atoms with Crippen molar-refractivity contribution in [3.8, 4) is 0 Å². The summed E-state index contributed by atoms with van der Waals surface area (Å²) in [6, 6.07) is 4.08. The van der Waals surface area contributed by atoms with Crippen LogP contribution in [0.25, 0.3) is 0 Å². The van der Waals surface area contributed by atoms with Gasteiger partial charge in [-0.3, -0.25) is 9.59 Å². The van der Waals surface area contributed by atoms with E-state index in [1.807, 2.05) is 6.92 Å². The van der Waals surface area contributed by atoms with Gasteiger partial charge in [0.15, 0.2) is 0 Å². The Balaban J connectivity index is 2.71. The maximum atomic E-state index is 11.8. The molecule has 1 unspecified atom stereocenters. The average Bonchev–Trinajstić information content (AvgIpc) is 2.37. The standard InChI is InChI=1S/C11H16N4O3/c1-2-7(6-9(12)15-18)13-11(17)8-4-3-5-10(16)14-8/h3-5,7,18H,2,6H2,1H3,(H2,12,15)(H,13,17)(H,14,16). The number of oxime groups is 1. The Bertz CT molecular complexity index is 495. The van der Waals surface area contributed by atoms with E-state index in [2.05, 4.69) is 15.5 Å². The van der Waals surface area contributed by atoms with Crippen molar-refractivity contribution < 1.29 is 10.0 Å². The SMILES string of the molecule is CCC(C/C(N)=N/O)NC(=O)c1cccc(=O)[nH]1. The van der Waals surface area contributed by atoms with Gasteiger partial charge in [-0.2, -0.15) is 0 Å². The first-order chi connectivity index (χ1) is 8.56. The van der Waals surface area contributed by atoms with E-state index < -0.39 is 5.91 Å². The Morgan fingerprint density at radius 2 is 2.33 bits per heavy atom. The molecule has 7 heteroatoms. The Hall–Kier alpha value is -2.31. The largest absolute Gasteiger partial charge is 0.409 e. The van der Waals surface area contributed by atoms with E-state index in [0.717, 1.165) is 0 Å². The van der Waals surface area contributed by atoms with Gasteiger partial charge in [-0.25, -0.2) is 0 Å². The third kappa shape index (κ3) is 3.93. The first-order valence-corrected chi connectivity index (χ1v) is 5.53. The minimum Gasteiger partial charge on any atom is -0.409 e. The van der Waals surface area contributed by atoms with Crippen molar-refractivity contribution in [3.63, 3.8) is 0 Å². The number of hydrogen-bond donors (Lipinski definition) is 4. The van der Waals surface area contributed by atoms with Gasteiger partial charge in [-0.1, -0.05) is 18.1 Å². The molecule has 0 aliphatic heterocycles. The van der Waals surface area contributed by atoms with Gasteiger partial charge in [-0.15, -0.1) is 0 Å². The molecule has 98 valence electrons. The first kappa shape index (κ1) is 13.8. The second kappa shape index (κ2) is 6.43. The summed E-state index contributed by atoms with van der Waals surface area (Å²) in [6.45, 7) is 1.86. The fourth-order valence-corrected chi connectivity index (χ4v) is 1.43. The summed E-state index contributed by atoms with van der Waals surface area (Å²) in [5.41, 5.74) is 5.22. The number of nitrogens with zero attached hydrogens (tertiary/aromatic N) is 1. The Labute approximate surface area is 104 Å². The number of rotatable bonds is 5. The predicted molar refractivity (Wildman–Crippen MR) is 66.6 cm³/mol. The molecule has 0 aliphatic carbocycles. The molecule has 1 rings (SSSR count). The van der Waals surface area contributed by atoms with Crippen molar-refractivity contribution in [2.45, 2.75) is 25.8 Å². The summed E-state index contributed by atoms with van der Waals surface area (Å²) in [5, 5.41) is 14.0. The van der Waals surface area contributed by atoms with Gasteiger partial charge in [-0.05, 0) is 12.5 Å². The molecular weight excluding hydrogens is 236 g/mol. The summed E-state index contributed by atoms with van der Waals surface area (Å²) < 4.78 is 0. The van der Waals surface area contributed by atoms with Crippen LogP contribution in [0.15, 0.2) is 28.1 Å². The van der Waals surface area contributed by atoms with Crippen LogP contribution in [0.4, 0.5) is 0 Å². The monoisotopic (exact) mass is 252 g/mol. The van der Waals surface area contributed by atoms with E-state index in [1.54, 1.807) is 0 Å². The second-order valence-electron chi connectivity index (χ2n) is 3.80. The fourth-order valence-electron chi connectivity index (χ4n) is 1.43. The van der Waals surface area contributed by atoms with E-state index in [4.69, 9.17) is 10.9 Å². The number of amides is 1. The molecule has 1 aromatic heterocycles. The Morgan fingerprint density at radius 3 is 2.89 bits per heavy atom. The van der Waals surface area contributed by atoms with E-state index >= 15 is 0 Å². The minimum atomic E-state index is -0.398. The zero-order valence-electron chi connectivity index (χ0n) is 10.0. The number of amidine groups is 1. The smallest absolute Gasteiger partial charge is 0.268 e. The highest BCUT2D eigenvalue weighted by atomic mass is 16.4. The van der Waals surface area contributed by atoms with Crippen LogP contribution in [0.5, 0.6) is 0 Å². The van der Waals surface area contributed by atoms with Gasteiger partial charge in [0.2, 0.25) is 5.56 Å². The van der Waals surface area contributed by atoms with Crippen molar-refractivity contribution in [2.75, 3.05) is 0 Å². The van der Waals surface area contributed by atoms with Crippen molar-refractivity contribution >= 4 is 11.7 Å². The van der Waals surface area contributed by atoms with Gasteiger partial charge in [0.25, 0.3) is 5.91 Å². The van der Waals surface area contributed by atoms with E-state index in [9.17, 15) is 9.59 Å². The third-order valence-electron chi connectivity index (χ3n) is 2.42. The molecular formula is C11H16N4O3. The molecule has 7 nitrogen and oxygen atoms in total. The number of aromatic nitrogens is 1. The molecule has 0 saturated heterocycles. The fraction of sp³-hybridized carbons (Fsp3) is 0.364. The topological polar surface area (TPSA) is 121 Å². The number of pyridine rings is 1. The average molecular weight is 252 g/mol. The van der Waals surface area contributed by atoms with Crippen molar-refractivity contribution in [3.05, 3.63) is 34.2 Å². The lowest BCUT2D eigenvalue weighted by atomic mass is 10.1. The van der Waals surface area contributed by atoms with Crippen LogP contribution in [0.2, 0.25) is 0 Å². The Kier molecular flexibility index (Phi) is 4.91. The zero-order chi connectivity index (χ0) is 13.5. The highest BCUT2D eigenvalue weighted by Gasteiger charge is 2.14. The lowest BCUT2D eigenvalue weighted by Crippen LogP contribution is -2.38. The lowest BCUT2D eigenvalue weighted by molar-refractivity contribution is 0.0931. The van der Waals surface area contributed by atoms with Gasteiger partial charge >= 0.3 is 0 Å². The van der Waals surface area contributed by atoms with Crippen LogP contribution in [0.1, 0.15) is 30.3 Å². The molecule has 1 atom stereocenters. The van der Waals surface area contributed by atoms with Crippen LogP contribution in [0, 0.1) is 0 Å². The van der Waals surface area contributed by atoms with Crippen molar-refractivity contribution in [2.24, 2.45) is 10.9 Å². The molecule has 1 heterocycles. The first-order valence-electron chi connectivity index (χ1n) is 5.53. The predicted octanol–water partition coefficient (Wildman–Crippen LogP) is 0.0198. The summed E-state index contributed by atoms with van der Waals surface area (Å²) in [7, 11) is 0. The zero-order valence-corrected chi connectivity index (χ0v) is 10.0. The molecule has 1 amide bonds. The Morgan fingerprint density at radius 1 is 1.61 bits per heavy atom. The van der Waals surface area contributed by atoms with E-state index in [1.165, 1.54) is 18.2 Å². The number of hydrogen-bond acceptors (Lipinski definition) is 4. The molecule has 0 saturated carbocycles. The minimum absolute atomic E-state index is 0.0451. The summed E-state index contributed by atoms with van der Waals surface area (Å²) >= 11 is 0. The van der Waals surface area contributed by atoms with Crippen molar-refractivity contribution in [1.29, 1.82) is 0 Å². The van der Waals surface area contributed by atoms with Crippen LogP contribution in [-0.2, 0) is 0 Å². The number of carbonyl (C=O) groups excluding carboxylic acids is 1. The van der Waals surface area contributed by atoms with Crippen molar-refractivity contribution in [1.82, 2.24) is 10.3 Å². The normalized spacial score (nSPS) is 13.1. The molecule has 0 spiro atoms. The summed E-state index contributed by atoms with van der Waals surface area (Å²) in [6.07, 6.45) is 0.870. The number of nitrogens with two attached hydrogens (primary N) is 1. The van der Waals surface area contributed by atoms with Crippen LogP contribution in [0.3, 0.4) is 0 Å². The molecule has 0 bridgehead atoms. The number of aromatic amines is 1. The molecule has 18 heavy (non-hydrogen) atoms. The number of nitrogens with one attached hydrogen (secondary N) is 2. The quantitative estimate of drug-likeness (QED) is 0.255. The molecule has 0 aromatic carbocycles. The third-order valence-corrected chi connectivity index (χ3v) is 2.42. The van der Waals surface area contributed by atoms with Crippen LogP contribution >= 0.6 is 0 Å². The molecule has 0 fully saturated rings. The maximum Gasteiger partial charge on any atom is 0.268 e. The number of H-pyrrole nitrogens is 1. The lowest BCUT2D eigenvalue weighted by Gasteiger charge is -2.15. The van der Waals surface area contributed by atoms with Gasteiger partial charge in [0.1, 0.15) is 11.5 Å². The van der Waals surface area contributed by atoms with Crippen LogP contribution < -0.4 is 16.6 Å². The summed E-state index contributed by atoms with van der Waals surface area (Å²) in [4.78, 5) is 25.3. The van der Waals surface area contributed by atoms with Gasteiger partial charge in [0.05, 0.1) is 0 Å². The highest BCUT2D eigenvalue weighted by Crippen LogP contribution is 2.00.